The Morgan fingerprint density at radius 1 is 1.60 bits per heavy atom. The summed E-state index contributed by atoms with van der Waals surface area (Å²) in [6, 6.07) is 7.98. The summed E-state index contributed by atoms with van der Waals surface area (Å²) in [5, 5.41) is 14.7. The van der Waals surface area contributed by atoms with E-state index in [4.69, 9.17) is 10.9 Å². The Morgan fingerprint density at radius 2 is 2.27 bits per heavy atom. The molecule has 0 heterocycles. The minimum atomic E-state index is 0.00556. The third-order valence-electron chi connectivity index (χ3n) is 2.09. The standard InChI is InChI=1S/C10H14IN3O/c1-7(10(12)14-15)6-13-9-5-3-2-4-8(9)11/h2-5,7,13,15H,6H2,1H3,(H2,12,14). The van der Waals surface area contributed by atoms with E-state index in [1.807, 2.05) is 31.2 Å². The molecule has 5 heteroatoms. The molecule has 1 aromatic rings. The Balaban J connectivity index is 2.54. The quantitative estimate of drug-likeness (QED) is 0.262. The molecule has 4 N–H and O–H groups in total. The SMILES string of the molecule is CC(CNc1ccccc1I)C(N)=NO. The molecule has 0 radical (unpaired) electrons. The van der Waals surface area contributed by atoms with E-state index in [1.54, 1.807) is 0 Å². The van der Waals surface area contributed by atoms with Crippen molar-refractivity contribution in [1.29, 1.82) is 0 Å². The summed E-state index contributed by atoms with van der Waals surface area (Å²) in [5.74, 6) is 0.249. The van der Waals surface area contributed by atoms with Crippen LogP contribution in [0.15, 0.2) is 29.4 Å². The molecule has 1 atom stereocenters. The molecule has 82 valence electrons. The first-order valence-corrected chi connectivity index (χ1v) is 5.69. The molecule has 0 spiro atoms. The van der Waals surface area contributed by atoms with Gasteiger partial charge in [-0.05, 0) is 34.7 Å². The van der Waals surface area contributed by atoms with Gasteiger partial charge in [0.05, 0.1) is 0 Å². The van der Waals surface area contributed by atoms with E-state index in [1.165, 1.54) is 0 Å². The molecule has 1 unspecified atom stereocenters. The maximum absolute atomic E-state index is 8.49. The highest BCUT2D eigenvalue weighted by Crippen LogP contribution is 2.17. The summed E-state index contributed by atoms with van der Waals surface area (Å²) >= 11 is 2.26. The van der Waals surface area contributed by atoms with Crippen LogP contribution in [0.1, 0.15) is 6.92 Å². The van der Waals surface area contributed by atoms with Crippen LogP contribution in [0.4, 0.5) is 5.69 Å². The van der Waals surface area contributed by atoms with Gasteiger partial charge < -0.3 is 16.3 Å². The Morgan fingerprint density at radius 3 is 2.87 bits per heavy atom. The van der Waals surface area contributed by atoms with E-state index in [2.05, 4.69) is 33.1 Å². The second kappa shape index (κ2) is 5.79. The van der Waals surface area contributed by atoms with Gasteiger partial charge in [-0.15, -0.1) is 0 Å². The molecule has 15 heavy (non-hydrogen) atoms. The Labute approximate surface area is 103 Å². The van der Waals surface area contributed by atoms with Gasteiger partial charge in [0.1, 0.15) is 5.84 Å². The van der Waals surface area contributed by atoms with E-state index in [0.717, 1.165) is 9.26 Å². The molecule has 0 aliphatic rings. The lowest BCUT2D eigenvalue weighted by Gasteiger charge is -2.12. The Hall–Kier alpha value is -0.980. The lowest BCUT2D eigenvalue weighted by molar-refractivity contribution is 0.315. The smallest absolute Gasteiger partial charge is 0.143 e. The van der Waals surface area contributed by atoms with Crippen molar-refractivity contribution in [3.8, 4) is 0 Å². The molecule has 0 aliphatic heterocycles. The fourth-order valence-electron chi connectivity index (χ4n) is 1.07. The number of rotatable bonds is 4. The van der Waals surface area contributed by atoms with E-state index in [9.17, 15) is 0 Å². The lowest BCUT2D eigenvalue weighted by atomic mass is 10.1. The van der Waals surface area contributed by atoms with E-state index < -0.39 is 0 Å². The van der Waals surface area contributed by atoms with Gasteiger partial charge in [0, 0.05) is 21.7 Å². The van der Waals surface area contributed by atoms with Gasteiger partial charge in [0.15, 0.2) is 0 Å². The highest BCUT2D eigenvalue weighted by molar-refractivity contribution is 14.1. The maximum atomic E-state index is 8.49. The van der Waals surface area contributed by atoms with Gasteiger partial charge in [-0.25, -0.2) is 0 Å². The molecular weight excluding hydrogens is 305 g/mol. The van der Waals surface area contributed by atoms with Gasteiger partial charge in [-0.3, -0.25) is 0 Å². The van der Waals surface area contributed by atoms with Crippen molar-refractivity contribution < 1.29 is 5.21 Å². The van der Waals surface area contributed by atoms with Crippen molar-refractivity contribution in [3.05, 3.63) is 27.8 Å². The number of nitrogens with one attached hydrogen (secondary N) is 1. The van der Waals surface area contributed by atoms with Crippen LogP contribution in [-0.4, -0.2) is 17.6 Å². The van der Waals surface area contributed by atoms with Crippen LogP contribution in [0.5, 0.6) is 0 Å². The number of hydrogen-bond acceptors (Lipinski definition) is 3. The normalized spacial score (nSPS) is 13.6. The Kier molecular flexibility index (Phi) is 4.67. The van der Waals surface area contributed by atoms with Crippen molar-refractivity contribution in [2.75, 3.05) is 11.9 Å². The van der Waals surface area contributed by atoms with Gasteiger partial charge in [0.2, 0.25) is 0 Å². The molecule has 4 nitrogen and oxygen atoms in total. The predicted octanol–water partition coefficient (Wildman–Crippen LogP) is 2.09. The monoisotopic (exact) mass is 319 g/mol. The summed E-state index contributed by atoms with van der Waals surface area (Å²) in [6.45, 7) is 2.55. The van der Waals surface area contributed by atoms with Gasteiger partial charge in [-0.1, -0.05) is 24.2 Å². The number of anilines is 1. The summed E-state index contributed by atoms with van der Waals surface area (Å²) in [6.07, 6.45) is 0. The molecule has 0 aromatic heterocycles. The predicted molar refractivity (Wildman–Crippen MR) is 70.2 cm³/mol. The van der Waals surface area contributed by atoms with Crippen LogP contribution in [-0.2, 0) is 0 Å². The third-order valence-corrected chi connectivity index (χ3v) is 3.03. The van der Waals surface area contributed by atoms with Crippen LogP contribution in [0.25, 0.3) is 0 Å². The molecule has 0 fully saturated rings. The van der Waals surface area contributed by atoms with Crippen LogP contribution < -0.4 is 11.1 Å². The van der Waals surface area contributed by atoms with Crippen LogP contribution >= 0.6 is 22.6 Å². The zero-order valence-corrected chi connectivity index (χ0v) is 10.6. The van der Waals surface area contributed by atoms with E-state index in [-0.39, 0.29) is 11.8 Å². The van der Waals surface area contributed by atoms with E-state index in [0.29, 0.717) is 6.54 Å². The molecular formula is C10H14IN3O. The number of amidine groups is 1. The number of halogens is 1. The zero-order valence-electron chi connectivity index (χ0n) is 8.44. The molecule has 0 amide bonds. The summed E-state index contributed by atoms with van der Waals surface area (Å²) in [4.78, 5) is 0. The average molecular weight is 319 g/mol. The van der Waals surface area contributed by atoms with Crippen LogP contribution in [0, 0.1) is 9.49 Å². The van der Waals surface area contributed by atoms with Gasteiger partial charge >= 0.3 is 0 Å². The molecule has 0 saturated heterocycles. The zero-order chi connectivity index (χ0) is 11.3. The number of benzene rings is 1. The minimum Gasteiger partial charge on any atom is -0.409 e. The minimum absolute atomic E-state index is 0.00556. The number of nitrogens with zero attached hydrogens (tertiary/aromatic N) is 1. The summed E-state index contributed by atoms with van der Waals surface area (Å²) in [5.41, 5.74) is 6.54. The molecule has 1 rings (SSSR count). The molecule has 1 aromatic carbocycles. The highest BCUT2D eigenvalue weighted by Gasteiger charge is 2.07. The first kappa shape index (κ1) is 12.1. The molecule has 0 bridgehead atoms. The topological polar surface area (TPSA) is 70.6 Å². The van der Waals surface area contributed by atoms with Crippen LogP contribution in [0.2, 0.25) is 0 Å². The second-order valence-corrected chi connectivity index (χ2v) is 4.45. The van der Waals surface area contributed by atoms with Crippen molar-refractivity contribution in [2.45, 2.75) is 6.92 Å². The van der Waals surface area contributed by atoms with Crippen molar-refractivity contribution in [3.63, 3.8) is 0 Å². The number of hydrogen-bond donors (Lipinski definition) is 3. The van der Waals surface area contributed by atoms with Crippen LogP contribution in [0.3, 0.4) is 0 Å². The molecule has 0 saturated carbocycles. The summed E-state index contributed by atoms with van der Waals surface area (Å²) in [7, 11) is 0. The average Bonchev–Trinajstić information content (AvgIpc) is 2.26. The van der Waals surface area contributed by atoms with Crippen molar-refractivity contribution in [1.82, 2.24) is 0 Å². The van der Waals surface area contributed by atoms with Gasteiger partial charge in [0.25, 0.3) is 0 Å². The Bertz CT molecular complexity index is 354. The number of para-hydroxylation sites is 1. The number of nitrogens with two attached hydrogens (primary N) is 1. The largest absolute Gasteiger partial charge is 0.409 e. The first-order valence-electron chi connectivity index (χ1n) is 4.61. The highest BCUT2D eigenvalue weighted by atomic mass is 127. The number of oxime groups is 1. The van der Waals surface area contributed by atoms with E-state index >= 15 is 0 Å². The first-order chi connectivity index (χ1) is 7.15. The lowest BCUT2D eigenvalue weighted by Crippen LogP contribution is -2.27. The second-order valence-electron chi connectivity index (χ2n) is 3.29. The summed E-state index contributed by atoms with van der Waals surface area (Å²) < 4.78 is 1.15. The fourth-order valence-corrected chi connectivity index (χ4v) is 1.65. The molecule has 0 aliphatic carbocycles. The van der Waals surface area contributed by atoms with Crippen molar-refractivity contribution in [2.24, 2.45) is 16.8 Å². The fraction of sp³-hybridized carbons (Fsp3) is 0.300. The van der Waals surface area contributed by atoms with Gasteiger partial charge in [-0.2, -0.15) is 0 Å². The van der Waals surface area contributed by atoms with Crippen molar-refractivity contribution >= 4 is 34.1 Å². The third kappa shape index (κ3) is 3.58. The maximum Gasteiger partial charge on any atom is 0.143 e.